The fourth-order valence-corrected chi connectivity index (χ4v) is 7.23. The first-order valence-corrected chi connectivity index (χ1v) is 17.3. The number of aromatic nitrogens is 2. The third kappa shape index (κ3) is 8.03. The molecule has 4 atom stereocenters. The molecule has 2 aliphatic heterocycles. The Morgan fingerprint density at radius 3 is 2.38 bits per heavy atom. The highest BCUT2D eigenvalue weighted by molar-refractivity contribution is 7.13. The van der Waals surface area contributed by atoms with Crippen molar-refractivity contribution in [3.63, 3.8) is 0 Å². The molecule has 0 aliphatic carbocycles. The van der Waals surface area contributed by atoms with Crippen molar-refractivity contribution in [2.75, 3.05) is 24.5 Å². The topological polar surface area (TPSA) is 138 Å². The monoisotopic (exact) mass is 665 g/mol. The second kappa shape index (κ2) is 14.1. The van der Waals surface area contributed by atoms with Crippen molar-refractivity contribution in [2.24, 2.45) is 11.8 Å². The van der Waals surface area contributed by atoms with E-state index < -0.39 is 23.7 Å². The molecule has 0 radical (unpaired) electrons. The Morgan fingerprint density at radius 1 is 1.11 bits per heavy atom. The van der Waals surface area contributed by atoms with Gasteiger partial charge < -0.3 is 29.5 Å². The zero-order valence-electron chi connectivity index (χ0n) is 28.4. The Hall–Kier alpha value is -3.77. The van der Waals surface area contributed by atoms with Crippen molar-refractivity contribution >= 4 is 34.9 Å². The number of aryl methyl sites for hydroxylation is 1. The van der Waals surface area contributed by atoms with Crippen LogP contribution in [0.25, 0.3) is 10.4 Å². The normalized spacial score (nSPS) is 20.4. The Labute approximate surface area is 280 Å². The van der Waals surface area contributed by atoms with E-state index in [0.29, 0.717) is 37.5 Å². The number of thiazole rings is 1. The van der Waals surface area contributed by atoms with E-state index in [9.17, 15) is 19.5 Å². The van der Waals surface area contributed by atoms with Crippen LogP contribution in [0.2, 0.25) is 0 Å². The molecule has 3 aromatic rings. The van der Waals surface area contributed by atoms with Crippen LogP contribution in [-0.2, 0) is 19.1 Å². The van der Waals surface area contributed by atoms with Crippen molar-refractivity contribution < 1.29 is 28.8 Å². The molecule has 11 nitrogen and oxygen atoms in total. The Morgan fingerprint density at radius 2 is 1.79 bits per heavy atom. The molecule has 2 aromatic heterocycles. The van der Waals surface area contributed by atoms with E-state index in [1.165, 1.54) is 4.90 Å². The SMILES string of the molecule is Cc1ncsc1-c1ccc([C@H](C)NC(=O)[C@@H]2C[C@@H](O)CN2C(=O)[C@H](c2cc(N3CCC(C(=O)OC(C)(C)C)CC3)no2)C(C)C)cc1. The fourth-order valence-electron chi connectivity index (χ4n) is 6.42. The van der Waals surface area contributed by atoms with Gasteiger partial charge in [0.05, 0.1) is 34.1 Å². The van der Waals surface area contributed by atoms with Crippen LogP contribution >= 0.6 is 11.3 Å². The third-order valence-corrected chi connectivity index (χ3v) is 9.93. The molecule has 12 heteroatoms. The molecule has 1 aromatic carbocycles. The van der Waals surface area contributed by atoms with Gasteiger partial charge >= 0.3 is 5.97 Å². The number of nitrogens with zero attached hydrogens (tertiary/aromatic N) is 4. The summed E-state index contributed by atoms with van der Waals surface area (Å²) in [5, 5.41) is 17.9. The number of anilines is 1. The van der Waals surface area contributed by atoms with Crippen LogP contribution in [0.4, 0.5) is 5.82 Å². The first-order valence-electron chi connectivity index (χ1n) is 16.5. The van der Waals surface area contributed by atoms with Crippen LogP contribution < -0.4 is 10.2 Å². The number of β-amino-alcohol motifs (C(OH)–C–C–N with tert-alkyl or cyclic N) is 1. The fraction of sp³-hybridized carbons (Fsp3) is 0.571. The Bertz CT molecular complexity index is 1550. The minimum absolute atomic E-state index is 0.0661. The molecule has 0 unspecified atom stereocenters. The van der Waals surface area contributed by atoms with Crippen LogP contribution in [0.15, 0.2) is 40.4 Å². The van der Waals surface area contributed by atoms with E-state index in [2.05, 4.69) is 20.4 Å². The number of carbonyl (C=O) groups excluding carboxylic acids is 3. The summed E-state index contributed by atoms with van der Waals surface area (Å²) in [5.74, 6) is -0.732. The van der Waals surface area contributed by atoms with Crippen LogP contribution in [0.1, 0.15) is 89.8 Å². The first kappa shape index (κ1) is 34.6. The quantitative estimate of drug-likeness (QED) is 0.294. The highest BCUT2D eigenvalue weighted by Crippen LogP contribution is 2.34. The van der Waals surface area contributed by atoms with E-state index in [-0.39, 0.29) is 48.6 Å². The zero-order valence-corrected chi connectivity index (χ0v) is 29.2. The minimum Gasteiger partial charge on any atom is -0.460 e. The van der Waals surface area contributed by atoms with E-state index in [0.717, 1.165) is 21.7 Å². The molecule has 2 aliphatic rings. The van der Waals surface area contributed by atoms with Gasteiger partial charge in [-0.05, 0) is 64.5 Å². The average Bonchev–Trinajstić information content (AvgIpc) is 3.76. The molecular weight excluding hydrogens is 618 g/mol. The summed E-state index contributed by atoms with van der Waals surface area (Å²) in [6, 6.07) is 8.70. The molecule has 47 heavy (non-hydrogen) atoms. The lowest BCUT2D eigenvalue weighted by Gasteiger charge is -2.32. The maximum absolute atomic E-state index is 14.1. The molecule has 0 spiro atoms. The number of amides is 2. The van der Waals surface area contributed by atoms with Gasteiger partial charge in [0.2, 0.25) is 11.8 Å². The second-order valence-corrected chi connectivity index (χ2v) is 15.0. The van der Waals surface area contributed by atoms with Gasteiger partial charge in [-0.15, -0.1) is 11.3 Å². The number of rotatable bonds is 9. The van der Waals surface area contributed by atoms with Crippen molar-refractivity contribution in [1.29, 1.82) is 0 Å². The number of likely N-dealkylation sites (tertiary alicyclic amines) is 1. The van der Waals surface area contributed by atoms with Crippen molar-refractivity contribution in [3.05, 3.63) is 52.9 Å². The lowest BCUT2D eigenvalue weighted by Crippen LogP contribution is -2.48. The van der Waals surface area contributed by atoms with Gasteiger partial charge in [0.1, 0.15) is 17.6 Å². The highest BCUT2D eigenvalue weighted by Gasteiger charge is 2.43. The number of benzene rings is 1. The number of hydrogen-bond donors (Lipinski definition) is 2. The van der Waals surface area contributed by atoms with Gasteiger partial charge in [-0.2, -0.15) is 0 Å². The minimum atomic E-state index is -0.811. The number of piperidine rings is 1. The number of esters is 1. The van der Waals surface area contributed by atoms with E-state index in [1.54, 1.807) is 17.4 Å². The summed E-state index contributed by atoms with van der Waals surface area (Å²) in [6.07, 6.45) is 0.629. The van der Waals surface area contributed by atoms with Crippen LogP contribution in [0.3, 0.4) is 0 Å². The van der Waals surface area contributed by atoms with E-state index >= 15 is 0 Å². The molecule has 2 saturated heterocycles. The van der Waals surface area contributed by atoms with Gasteiger partial charge in [0.15, 0.2) is 11.6 Å². The predicted octanol–water partition coefficient (Wildman–Crippen LogP) is 5.24. The molecule has 254 valence electrons. The van der Waals surface area contributed by atoms with Crippen molar-refractivity contribution in [1.82, 2.24) is 20.4 Å². The number of ether oxygens (including phenoxy) is 1. The Balaban J connectivity index is 1.23. The molecule has 0 saturated carbocycles. The summed E-state index contributed by atoms with van der Waals surface area (Å²) in [5.41, 5.74) is 4.29. The van der Waals surface area contributed by atoms with Gasteiger partial charge in [0.25, 0.3) is 0 Å². The third-order valence-electron chi connectivity index (χ3n) is 8.96. The maximum Gasteiger partial charge on any atom is 0.309 e. The predicted molar refractivity (Wildman–Crippen MR) is 180 cm³/mol. The molecule has 0 bridgehead atoms. The van der Waals surface area contributed by atoms with Gasteiger partial charge in [0, 0.05) is 32.1 Å². The molecule has 2 N–H and O–H groups in total. The lowest BCUT2D eigenvalue weighted by atomic mass is 9.91. The standard InChI is InChI=1S/C35H47N5O6S/c1-20(2)30(28-17-29(38-46-28)39-14-12-25(13-15-39)34(44)45-35(5,6)7)33(43)40-18-26(41)16-27(40)32(42)37-21(3)23-8-10-24(11-9-23)31-22(4)36-19-47-31/h8-11,17,19-21,25-27,30,41H,12-16,18H2,1-7H3,(H,37,42)/t21-,26+,27-,30-/m0/s1. The Kier molecular flexibility index (Phi) is 10.4. The lowest BCUT2D eigenvalue weighted by molar-refractivity contribution is -0.160. The average molecular weight is 666 g/mol. The summed E-state index contributed by atoms with van der Waals surface area (Å²) in [6.45, 7) is 14.6. The van der Waals surface area contributed by atoms with Crippen LogP contribution in [0, 0.1) is 18.8 Å². The van der Waals surface area contributed by atoms with Crippen molar-refractivity contribution in [2.45, 2.75) is 97.4 Å². The summed E-state index contributed by atoms with van der Waals surface area (Å²) in [4.78, 5) is 49.2. The molecule has 4 heterocycles. The van der Waals surface area contributed by atoms with Crippen molar-refractivity contribution in [3.8, 4) is 10.4 Å². The van der Waals surface area contributed by atoms with Gasteiger partial charge in [-0.1, -0.05) is 43.3 Å². The summed E-state index contributed by atoms with van der Waals surface area (Å²) >= 11 is 1.59. The number of carbonyl (C=O) groups is 3. The summed E-state index contributed by atoms with van der Waals surface area (Å²) < 4.78 is 11.3. The number of hydrogen-bond acceptors (Lipinski definition) is 10. The molecule has 5 rings (SSSR count). The smallest absolute Gasteiger partial charge is 0.309 e. The molecule has 2 amide bonds. The highest BCUT2D eigenvalue weighted by atomic mass is 32.1. The van der Waals surface area contributed by atoms with E-state index in [4.69, 9.17) is 9.26 Å². The van der Waals surface area contributed by atoms with Crippen LogP contribution in [0.5, 0.6) is 0 Å². The molecular formula is C35H47N5O6S. The molecule has 2 fully saturated rings. The van der Waals surface area contributed by atoms with E-state index in [1.807, 2.05) is 78.2 Å². The largest absolute Gasteiger partial charge is 0.460 e. The number of aliphatic hydroxyl groups excluding tert-OH is 1. The maximum atomic E-state index is 14.1. The number of nitrogens with one attached hydrogen (secondary N) is 1. The second-order valence-electron chi connectivity index (χ2n) is 14.1. The zero-order chi connectivity index (χ0) is 34.0. The summed E-state index contributed by atoms with van der Waals surface area (Å²) in [7, 11) is 0. The first-order chi connectivity index (χ1) is 22.2. The van der Waals surface area contributed by atoms with Gasteiger partial charge in [-0.3, -0.25) is 14.4 Å². The number of aliphatic hydroxyl groups is 1. The van der Waals surface area contributed by atoms with Gasteiger partial charge in [-0.25, -0.2) is 4.98 Å². The van der Waals surface area contributed by atoms with Crippen LogP contribution in [-0.4, -0.2) is 75.3 Å².